The van der Waals surface area contributed by atoms with Gasteiger partial charge in [-0.25, -0.2) is 0 Å². The summed E-state index contributed by atoms with van der Waals surface area (Å²) < 4.78 is 37.5. The summed E-state index contributed by atoms with van der Waals surface area (Å²) in [5, 5.41) is 0. The largest absolute Gasteiger partial charge is 0.417 e. The molecule has 0 aliphatic carbocycles. The molecule has 0 aliphatic rings. The van der Waals surface area contributed by atoms with Gasteiger partial charge in [0.15, 0.2) is 6.29 Å². The van der Waals surface area contributed by atoms with E-state index < -0.39 is 11.7 Å². The third-order valence-electron chi connectivity index (χ3n) is 1.80. The Morgan fingerprint density at radius 2 is 2.06 bits per heavy atom. The van der Waals surface area contributed by atoms with Crippen molar-refractivity contribution in [1.29, 1.82) is 0 Å². The van der Waals surface area contributed by atoms with Gasteiger partial charge in [-0.2, -0.15) is 25.8 Å². The van der Waals surface area contributed by atoms with Gasteiger partial charge in [0.05, 0.1) is 11.3 Å². The molecule has 0 saturated heterocycles. The Balaban J connectivity index is 3.27. The second kappa shape index (κ2) is 5.08. The van der Waals surface area contributed by atoms with Crippen molar-refractivity contribution in [3.8, 4) is 11.8 Å². The van der Waals surface area contributed by atoms with Gasteiger partial charge in [-0.3, -0.25) is 4.79 Å². The fourth-order valence-electron chi connectivity index (χ4n) is 1.12. The maximum atomic E-state index is 12.5. The van der Waals surface area contributed by atoms with Gasteiger partial charge >= 0.3 is 6.18 Å². The van der Waals surface area contributed by atoms with Gasteiger partial charge in [-0.05, 0) is 18.2 Å². The van der Waals surface area contributed by atoms with Gasteiger partial charge in [0.1, 0.15) is 0 Å². The Labute approximate surface area is 96.1 Å². The number of benzene rings is 1. The zero-order valence-corrected chi connectivity index (χ0v) is 8.90. The highest BCUT2D eigenvalue weighted by atomic mass is 32.1. The van der Waals surface area contributed by atoms with Crippen molar-refractivity contribution in [3.05, 3.63) is 34.9 Å². The first kappa shape index (κ1) is 12.7. The van der Waals surface area contributed by atoms with Crippen LogP contribution in [0.3, 0.4) is 0 Å². The molecule has 0 fully saturated rings. The number of halogens is 3. The summed E-state index contributed by atoms with van der Waals surface area (Å²) in [6, 6.07) is 3.34. The van der Waals surface area contributed by atoms with E-state index in [1.54, 1.807) is 0 Å². The van der Waals surface area contributed by atoms with E-state index >= 15 is 0 Å². The van der Waals surface area contributed by atoms with Crippen molar-refractivity contribution in [2.75, 3.05) is 5.75 Å². The molecule has 16 heavy (non-hydrogen) atoms. The Morgan fingerprint density at radius 3 is 2.56 bits per heavy atom. The number of carbonyl (C=O) groups is 1. The molecule has 0 aromatic heterocycles. The van der Waals surface area contributed by atoms with Crippen molar-refractivity contribution in [2.24, 2.45) is 0 Å². The van der Waals surface area contributed by atoms with Gasteiger partial charge < -0.3 is 0 Å². The summed E-state index contributed by atoms with van der Waals surface area (Å²) in [6.45, 7) is 0. The van der Waals surface area contributed by atoms with Crippen LogP contribution in [0.5, 0.6) is 0 Å². The highest BCUT2D eigenvalue weighted by Crippen LogP contribution is 2.31. The van der Waals surface area contributed by atoms with E-state index in [2.05, 4.69) is 24.5 Å². The molecule has 1 nitrogen and oxygen atoms in total. The predicted octanol–water partition coefficient (Wildman–Crippen LogP) is 2.80. The summed E-state index contributed by atoms with van der Waals surface area (Å²) in [5.74, 6) is 5.32. The maximum absolute atomic E-state index is 12.5. The van der Waals surface area contributed by atoms with E-state index in [0.29, 0.717) is 0 Å². The van der Waals surface area contributed by atoms with Crippen molar-refractivity contribution in [2.45, 2.75) is 6.18 Å². The van der Waals surface area contributed by atoms with Crippen LogP contribution in [-0.4, -0.2) is 12.0 Å². The summed E-state index contributed by atoms with van der Waals surface area (Å²) in [4.78, 5) is 10.5. The molecule has 0 N–H and O–H groups in total. The van der Waals surface area contributed by atoms with Gasteiger partial charge in [0, 0.05) is 11.1 Å². The minimum absolute atomic E-state index is 0.179. The highest BCUT2D eigenvalue weighted by molar-refractivity contribution is 7.80. The number of hydrogen-bond acceptors (Lipinski definition) is 2. The molecule has 1 aromatic carbocycles. The lowest BCUT2D eigenvalue weighted by Crippen LogP contribution is -2.09. The van der Waals surface area contributed by atoms with Crippen LogP contribution in [0, 0.1) is 11.8 Å². The lowest BCUT2D eigenvalue weighted by molar-refractivity contribution is -0.137. The van der Waals surface area contributed by atoms with Crippen LogP contribution in [-0.2, 0) is 6.18 Å². The zero-order valence-electron chi connectivity index (χ0n) is 8.01. The molecule has 1 rings (SSSR count). The Morgan fingerprint density at radius 1 is 1.38 bits per heavy atom. The minimum atomic E-state index is -4.55. The van der Waals surface area contributed by atoms with E-state index in [1.165, 1.54) is 6.07 Å². The lowest BCUT2D eigenvalue weighted by atomic mass is 10.0. The van der Waals surface area contributed by atoms with E-state index in [0.717, 1.165) is 12.1 Å². The first-order valence-corrected chi connectivity index (χ1v) is 4.88. The van der Waals surface area contributed by atoms with Crippen LogP contribution in [0.25, 0.3) is 0 Å². The molecule has 0 saturated carbocycles. The Hall–Kier alpha value is -1.41. The van der Waals surface area contributed by atoms with Crippen LogP contribution in [0.1, 0.15) is 21.5 Å². The fourth-order valence-corrected chi connectivity index (χ4v) is 1.20. The molecular formula is C11H7F3OS. The van der Waals surface area contributed by atoms with Crippen LogP contribution < -0.4 is 0 Å². The van der Waals surface area contributed by atoms with E-state index in [9.17, 15) is 18.0 Å². The summed E-state index contributed by atoms with van der Waals surface area (Å²) in [5.41, 5.74) is -1.13. The molecule has 0 bridgehead atoms. The second-order valence-electron chi connectivity index (χ2n) is 2.88. The second-order valence-corrected chi connectivity index (χ2v) is 3.19. The molecular weight excluding hydrogens is 237 g/mol. The number of hydrogen-bond donors (Lipinski definition) is 1. The first-order valence-electron chi connectivity index (χ1n) is 4.25. The number of alkyl halides is 3. The average Bonchev–Trinajstić information content (AvgIpc) is 2.24. The van der Waals surface area contributed by atoms with E-state index in [-0.39, 0.29) is 23.2 Å². The molecule has 0 heterocycles. The molecule has 5 heteroatoms. The molecule has 84 valence electrons. The van der Waals surface area contributed by atoms with Crippen molar-refractivity contribution in [3.63, 3.8) is 0 Å². The molecule has 0 aliphatic heterocycles. The monoisotopic (exact) mass is 244 g/mol. The lowest BCUT2D eigenvalue weighted by Gasteiger charge is -2.09. The number of thiol groups is 1. The quantitative estimate of drug-likeness (QED) is 0.456. The van der Waals surface area contributed by atoms with E-state index in [1.807, 2.05) is 0 Å². The summed E-state index contributed by atoms with van der Waals surface area (Å²) in [6.07, 6.45) is -4.37. The topological polar surface area (TPSA) is 17.1 Å². The molecule has 0 spiro atoms. The molecule has 0 amide bonds. The summed E-state index contributed by atoms with van der Waals surface area (Å²) >= 11 is 3.82. The fraction of sp³-hybridized carbons (Fsp3) is 0.182. The molecule has 0 unspecified atom stereocenters. The van der Waals surface area contributed by atoms with Crippen LogP contribution in [0.15, 0.2) is 18.2 Å². The van der Waals surface area contributed by atoms with E-state index in [4.69, 9.17) is 0 Å². The average molecular weight is 244 g/mol. The van der Waals surface area contributed by atoms with Crippen LogP contribution in [0.4, 0.5) is 13.2 Å². The van der Waals surface area contributed by atoms with Gasteiger partial charge in [-0.15, -0.1) is 0 Å². The first-order chi connectivity index (χ1) is 7.49. The predicted molar refractivity (Wildman–Crippen MR) is 57.6 cm³/mol. The van der Waals surface area contributed by atoms with Crippen molar-refractivity contribution in [1.82, 2.24) is 0 Å². The van der Waals surface area contributed by atoms with Gasteiger partial charge in [0.2, 0.25) is 0 Å². The van der Waals surface area contributed by atoms with Crippen LogP contribution >= 0.6 is 12.6 Å². The minimum Gasteiger partial charge on any atom is -0.298 e. The molecule has 0 radical (unpaired) electrons. The van der Waals surface area contributed by atoms with Crippen molar-refractivity contribution >= 4 is 18.9 Å². The molecule has 1 aromatic rings. The zero-order chi connectivity index (χ0) is 12.2. The number of carbonyl (C=O) groups excluding carboxylic acids is 1. The van der Waals surface area contributed by atoms with Gasteiger partial charge in [-0.1, -0.05) is 11.8 Å². The number of aldehydes is 1. The summed E-state index contributed by atoms with van der Waals surface area (Å²) in [7, 11) is 0. The smallest absolute Gasteiger partial charge is 0.298 e. The highest BCUT2D eigenvalue weighted by Gasteiger charge is 2.33. The number of rotatable bonds is 1. The Kier molecular flexibility index (Phi) is 4.02. The Bertz CT molecular complexity index is 455. The maximum Gasteiger partial charge on any atom is 0.417 e. The van der Waals surface area contributed by atoms with Crippen molar-refractivity contribution < 1.29 is 18.0 Å². The van der Waals surface area contributed by atoms with Gasteiger partial charge in [0.25, 0.3) is 0 Å². The normalized spacial score (nSPS) is 10.5. The van der Waals surface area contributed by atoms with Crippen LogP contribution in [0.2, 0.25) is 0 Å². The third-order valence-corrected chi connectivity index (χ3v) is 1.96. The SMILES string of the molecule is O=Cc1ccc(C#CCS)cc1C(F)(F)F. The standard InChI is InChI=1S/C11H7F3OS/c12-11(13,14)10-6-8(2-1-5-16)3-4-9(10)7-15/h3-4,6-7,16H,5H2. The molecule has 0 atom stereocenters. The third kappa shape index (κ3) is 3.04.